The van der Waals surface area contributed by atoms with Gasteiger partial charge in [-0.3, -0.25) is 4.79 Å². The Morgan fingerprint density at radius 3 is 2.68 bits per heavy atom. The smallest absolute Gasteiger partial charge is 0.243 e. The zero-order valence-electron chi connectivity index (χ0n) is 15.6. The van der Waals surface area contributed by atoms with E-state index in [2.05, 4.69) is 15.3 Å². The second kappa shape index (κ2) is 8.89. The molecule has 1 aromatic heterocycles. The van der Waals surface area contributed by atoms with Gasteiger partial charge in [-0.15, -0.1) is 0 Å². The first-order valence-electron chi connectivity index (χ1n) is 8.98. The average molecular weight is 422 g/mol. The fourth-order valence-corrected chi connectivity index (χ4v) is 5.22. The van der Waals surface area contributed by atoms with E-state index in [9.17, 15) is 13.2 Å². The molecular weight excluding hydrogens is 398 g/mol. The minimum atomic E-state index is -3.54. The van der Waals surface area contributed by atoms with Crippen LogP contribution >= 0.6 is 11.8 Å². The van der Waals surface area contributed by atoms with E-state index in [0.29, 0.717) is 29.8 Å². The highest BCUT2D eigenvalue weighted by atomic mass is 32.2. The lowest BCUT2D eigenvalue weighted by Crippen LogP contribution is -2.35. The Labute approximate surface area is 169 Å². The zero-order valence-corrected chi connectivity index (χ0v) is 17.2. The number of benzene rings is 1. The maximum Gasteiger partial charge on any atom is 0.243 e. The van der Waals surface area contributed by atoms with Gasteiger partial charge in [0.25, 0.3) is 0 Å². The van der Waals surface area contributed by atoms with Gasteiger partial charge in [-0.05, 0) is 38.0 Å². The molecule has 0 atom stereocenters. The van der Waals surface area contributed by atoms with Crippen LogP contribution in [0.2, 0.25) is 0 Å². The lowest BCUT2D eigenvalue weighted by atomic mass is 10.2. The monoisotopic (exact) mass is 421 g/mol. The summed E-state index contributed by atoms with van der Waals surface area (Å²) in [5.74, 6) is 0.165. The summed E-state index contributed by atoms with van der Waals surface area (Å²) in [5, 5.41) is 3.15. The normalized spacial score (nSPS) is 15.3. The summed E-state index contributed by atoms with van der Waals surface area (Å²) in [6.07, 6.45) is 2.80. The molecule has 1 fully saturated rings. The molecule has 10 heteroatoms. The van der Waals surface area contributed by atoms with E-state index < -0.39 is 10.0 Å². The number of hydrogen-bond acceptors (Lipinski definition) is 7. The Morgan fingerprint density at radius 1 is 1.21 bits per heavy atom. The molecule has 0 spiro atoms. The summed E-state index contributed by atoms with van der Waals surface area (Å²) in [7, 11) is -3.54. The first-order chi connectivity index (χ1) is 13.3. The highest BCUT2D eigenvalue weighted by Crippen LogP contribution is 2.23. The zero-order chi connectivity index (χ0) is 20.1. The average Bonchev–Trinajstić information content (AvgIpc) is 2.66. The second-order valence-electron chi connectivity index (χ2n) is 6.55. The van der Waals surface area contributed by atoms with E-state index >= 15 is 0 Å². The number of anilines is 2. The number of carbonyl (C=O) groups is 1. The van der Waals surface area contributed by atoms with Crippen molar-refractivity contribution in [2.24, 2.45) is 0 Å². The summed E-state index contributed by atoms with van der Waals surface area (Å²) in [6, 6.07) is 7.99. The molecule has 0 aliphatic carbocycles. The number of hydrogen-bond donors (Lipinski definition) is 2. The molecule has 3 N–H and O–H groups in total. The van der Waals surface area contributed by atoms with E-state index in [-0.39, 0.29) is 16.6 Å². The van der Waals surface area contributed by atoms with Gasteiger partial charge in [0.2, 0.25) is 15.9 Å². The number of nitrogens with two attached hydrogens (primary N) is 1. The Morgan fingerprint density at radius 2 is 1.96 bits per heavy atom. The molecule has 1 aromatic carbocycles. The SMILES string of the molecule is Cc1cc(N)nc(SCC(=O)Nc2cccc(S(=O)(=O)N3CCCCC3)c2)n1. The van der Waals surface area contributed by atoms with E-state index in [4.69, 9.17) is 5.73 Å². The van der Waals surface area contributed by atoms with Crippen LogP contribution in [-0.2, 0) is 14.8 Å². The van der Waals surface area contributed by atoms with Crippen LogP contribution in [0.4, 0.5) is 11.5 Å². The van der Waals surface area contributed by atoms with E-state index in [1.165, 1.54) is 22.1 Å². The molecule has 1 amide bonds. The number of thioether (sulfide) groups is 1. The number of piperidine rings is 1. The summed E-state index contributed by atoms with van der Waals surface area (Å²) < 4.78 is 27.1. The number of nitrogens with one attached hydrogen (secondary N) is 1. The largest absolute Gasteiger partial charge is 0.384 e. The highest BCUT2D eigenvalue weighted by molar-refractivity contribution is 7.99. The van der Waals surface area contributed by atoms with E-state index in [1.54, 1.807) is 31.2 Å². The number of rotatable bonds is 6. The molecule has 0 saturated carbocycles. The van der Waals surface area contributed by atoms with Crippen molar-refractivity contribution in [2.45, 2.75) is 36.2 Å². The summed E-state index contributed by atoms with van der Waals surface area (Å²) in [6.45, 7) is 2.88. The molecule has 28 heavy (non-hydrogen) atoms. The van der Waals surface area contributed by atoms with Crippen LogP contribution < -0.4 is 11.1 Å². The van der Waals surface area contributed by atoms with Crippen molar-refractivity contribution in [3.05, 3.63) is 36.0 Å². The van der Waals surface area contributed by atoms with Crippen LogP contribution in [0.5, 0.6) is 0 Å². The first kappa shape index (κ1) is 20.6. The summed E-state index contributed by atoms with van der Waals surface area (Å²) in [4.78, 5) is 20.7. The van der Waals surface area contributed by atoms with Gasteiger partial charge in [-0.2, -0.15) is 4.31 Å². The van der Waals surface area contributed by atoms with Crippen molar-refractivity contribution in [3.63, 3.8) is 0 Å². The highest BCUT2D eigenvalue weighted by Gasteiger charge is 2.26. The summed E-state index contributed by atoms with van der Waals surface area (Å²) in [5.41, 5.74) is 6.85. The third-order valence-corrected chi connectivity index (χ3v) is 7.00. The van der Waals surface area contributed by atoms with Gasteiger partial charge in [-0.1, -0.05) is 24.2 Å². The van der Waals surface area contributed by atoms with Crippen LogP contribution in [0, 0.1) is 6.92 Å². The van der Waals surface area contributed by atoms with E-state index in [1.807, 2.05) is 0 Å². The van der Waals surface area contributed by atoms with Crippen molar-refractivity contribution >= 4 is 39.2 Å². The molecule has 2 aromatic rings. The minimum absolute atomic E-state index is 0.0893. The van der Waals surface area contributed by atoms with Crippen LogP contribution in [0.25, 0.3) is 0 Å². The fraction of sp³-hybridized carbons (Fsp3) is 0.389. The van der Waals surface area contributed by atoms with Crippen LogP contribution in [-0.4, -0.2) is 47.4 Å². The Hall–Kier alpha value is -2.17. The standard InChI is InChI=1S/C18H23N5O3S2/c1-13-10-16(19)22-18(20-13)27-12-17(24)21-14-6-5-7-15(11-14)28(25,26)23-8-3-2-4-9-23/h5-7,10-11H,2-4,8-9,12H2,1H3,(H,21,24)(H2,19,20,22). The van der Waals surface area contributed by atoms with Gasteiger partial charge in [0.15, 0.2) is 5.16 Å². The number of nitrogens with zero attached hydrogens (tertiary/aromatic N) is 3. The van der Waals surface area contributed by atoms with Gasteiger partial charge in [0.05, 0.1) is 10.6 Å². The maximum atomic E-state index is 12.8. The fourth-order valence-electron chi connectivity index (χ4n) is 2.95. The molecule has 0 radical (unpaired) electrons. The Balaban J connectivity index is 1.64. The second-order valence-corrected chi connectivity index (χ2v) is 9.43. The van der Waals surface area contributed by atoms with Gasteiger partial charge < -0.3 is 11.1 Å². The molecule has 2 heterocycles. The molecule has 0 bridgehead atoms. The molecular formula is C18H23N5O3S2. The number of aryl methyl sites for hydroxylation is 1. The van der Waals surface area contributed by atoms with Crippen molar-refractivity contribution in [1.82, 2.24) is 14.3 Å². The van der Waals surface area contributed by atoms with Crippen molar-refractivity contribution in [2.75, 3.05) is 29.9 Å². The van der Waals surface area contributed by atoms with E-state index in [0.717, 1.165) is 25.0 Å². The molecule has 1 aliphatic heterocycles. The van der Waals surface area contributed by atoms with Gasteiger partial charge in [-0.25, -0.2) is 18.4 Å². The van der Waals surface area contributed by atoms with Crippen molar-refractivity contribution < 1.29 is 13.2 Å². The Bertz CT molecular complexity index is 939. The Kier molecular flexibility index (Phi) is 6.53. The van der Waals surface area contributed by atoms with Gasteiger partial charge >= 0.3 is 0 Å². The lowest BCUT2D eigenvalue weighted by Gasteiger charge is -2.26. The van der Waals surface area contributed by atoms with Crippen LogP contribution in [0.15, 0.2) is 40.4 Å². The molecule has 8 nitrogen and oxygen atoms in total. The predicted octanol–water partition coefficient (Wildman–Crippen LogP) is 2.27. The topological polar surface area (TPSA) is 118 Å². The van der Waals surface area contributed by atoms with Crippen molar-refractivity contribution in [1.29, 1.82) is 0 Å². The molecule has 1 saturated heterocycles. The summed E-state index contributed by atoms with van der Waals surface area (Å²) >= 11 is 1.17. The van der Waals surface area contributed by atoms with Gasteiger partial charge in [0, 0.05) is 30.5 Å². The van der Waals surface area contributed by atoms with Crippen molar-refractivity contribution in [3.8, 4) is 0 Å². The minimum Gasteiger partial charge on any atom is -0.384 e. The predicted molar refractivity (Wildman–Crippen MR) is 110 cm³/mol. The lowest BCUT2D eigenvalue weighted by molar-refractivity contribution is -0.113. The third kappa shape index (κ3) is 5.21. The first-order valence-corrected chi connectivity index (χ1v) is 11.4. The third-order valence-electron chi connectivity index (χ3n) is 4.26. The van der Waals surface area contributed by atoms with Gasteiger partial charge in [0.1, 0.15) is 5.82 Å². The number of nitrogen functional groups attached to an aromatic ring is 1. The molecule has 3 rings (SSSR count). The number of amides is 1. The number of aromatic nitrogens is 2. The number of carbonyl (C=O) groups excluding carboxylic acids is 1. The molecule has 1 aliphatic rings. The molecule has 0 unspecified atom stereocenters. The quantitative estimate of drug-likeness (QED) is 0.542. The van der Waals surface area contributed by atoms with Crippen LogP contribution in [0.1, 0.15) is 25.0 Å². The van der Waals surface area contributed by atoms with Crippen LogP contribution in [0.3, 0.4) is 0 Å². The number of sulfonamides is 1. The molecule has 150 valence electrons. The maximum absolute atomic E-state index is 12.8.